The van der Waals surface area contributed by atoms with Crippen LogP contribution in [0.25, 0.3) is 0 Å². The average Bonchev–Trinajstić information content (AvgIpc) is 3.29. The fraction of sp³-hybridized carbons (Fsp3) is 0.455. The number of amides is 3. The summed E-state index contributed by atoms with van der Waals surface area (Å²) >= 11 is 0. The predicted octanol–water partition coefficient (Wildman–Crippen LogP) is 2.87. The van der Waals surface area contributed by atoms with E-state index in [0.717, 1.165) is 32.1 Å². The highest BCUT2D eigenvalue weighted by molar-refractivity contribution is 5.93. The highest BCUT2D eigenvalue weighted by Crippen LogP contribution is 2.23. The molecule has 0 aliphatic heterocycles. The van der Waals surface area contributed by atoms with E-state index < -0.39 is 0 Å². The normalized spacial score (nSPS) is 14.1. The minimum absolute atomic E-state index is 0.00787. The Hall–Kier alpha value is -3.16. The maximum absolute atomic E-state index is 12.9. The number of hydrogen-bond donors (Lipinski definition) is 2. The first-order valence-corrected chi connectivity index (χ1v) is 10.4. The molecule has 2 heterocycles. The van der Waals surface area contributed by atoms with Crippen molar-refractivity contribution in [1.82, 2.24) is 15.2 Å². The van der Waals surface area contributed by atoms with Gasteiger partial charge in [0.25, 0.3) is 0 Å². The third kappa shape index (κ3) is 6.72. The molecule has 2 N–H and O–H groups in total. The molecule has 2 aromatic heterocycles. The summed E-state index contributed by atoms with van der Waals surface area (Å²) in [6.07, 6.45) is 8.26. The van der Waals surface area contributed by atoms with Gasteiger partial charge in [0, 0.05) is 25.1 Å². The van der Waals surface area contributed by atoms with Crippen molar-refractivity contribution < 1.29 is 18.8 Å². The summed E-state index contributed by atoms with van der Waals surface area (Å²) in [7, 11) is 0. The van der Waals surface area contributed by atoms with Gasteiger partial charge < -0.3 is 20.0 Å². The van der Waals surface area contributed by atoms with Crippen molar-refractivity contribution >= 4 is 23.5 Å². The molecule has 0 saturated heterocycles. The van der Waals surface area contributed by atoms with Gasteiger partial charge in [0.05, 0.1) is 19.4 Å². The zero-order valence-electron chi connectivity index (χ0n) is 17.0. The van der Waals surface area contributed by atoms with Crippen molar-refractivity contribution in [3.05, 3.63) is 48.6 Å². The van der Waals surface area contributed by atoms with E-state index in [1.807, 2.05) is 0 Å². The Balaban J connectivity index is 1.53. The number of nitrogens with zero attached hydrogens (tertiary/aromatic N) is 2. The van der Waals surface area contributed by atoms with E-state index in [-0.39, 0.29) is 49.7 Å². The predicted molar refractivity (Wildman–Crippen MR) is 111 cm³/mol. The highest BCUT2D eigenvalue weighted by Gasteiger charge is 2.27. The Morgan fingerprint density at radius 1 is 1.03 bits per heavy atom. The van der Waals surface area contributed by atoms with Crippen LogP contribution in [0, 0.1) is 0 Å². The summed E-state index contributed by atoms with van der Waals surface area (Å²) < 4.78 is 5.22. The second-order valence-electron chi connectivity index (χ2n) is 7.43. The molecule has 30 heavy (non-hydrogen) atoms. The molecular weight excluding hydrogens is 384 g/mol. The number of hydrogen-bond acceptors (Lipinski definition) is 5. The molecule has 0 spiro atoms. The second kappa shape index (κ2) is 11.1. The fourth-order valence-electron chi connectivity index (χ4n) is 3.63. The van der Waals surface area contributed by atoms with Crippen LogP contribution in [-0.2, 0) is 20.9 Å². The Morgan fingerprint density at radius 3 is 2.57 bits per heavy atom. The summed E-state index contributed by atoms with van der Waals surface area (Å²) in [5, 5.41) is 5.47. The molecule has 8 heteroatoms. The van der Waals surface area contributed by atoms with E-state index in [0.29, 0.717) is 11.6 Å². The molecule has 2 aromatic rings. The number of aromatic nitrogens is 1. The van der Waals surface area contributed by atoms with Gasteiger partial charge in [-0.3, -0.25) is 14.4 Å². The van der Waals surface area contributed by atoms with Gasteiger partial charge >= 0.3 is 0 Å². The lowest BCUT2D eigenvalue weighted by molar-refractivity contribution is -0.139. The fourth-order valence-corrected chi connectivity index (χ4v) is 3.63. The van der Waals surface area contributed by atoms with Crippen molar-refractivity contribution in [2.45, 2.75) is 57.5 Å². The SMILES string of the molecule is O=C(CN(C(=O)CCC(=O)Nc1ccccn1)C1CCCCC1)NCc1ccco1. The molecule has 0 atom stereocenters. The largest absolute Gasteiger partial charge is 0.467 e. The van der Waals surface area contributed by atoms with Gasteiger partial charge in [0.1, 0.15) is 11.6 Å². The Labute approximate surface area is 176 Å². The van der Waals surface area contributed by atoms with Crippen LogP contribution in [0.1, 0.15) is 50.7 Å². The van der Waals surface area contributed by atoms with Crippen LogP contribution in [0.15, 0.2) is 47.2 Å². The van der Waals surface area contributed by atoms with E-state index in [4.69, 9.17) is 4.42 Å². The standard InChI is InChI=1S/C22H28N4O4/c27-20(25-19-10-4-5-13-23-19)11-12-22(29)26(17-7-2-1-3-8-17)16-21(28)24-15-18-9-6-14-30-18/h4-6,9-10,13-14,17H,1-3,7-8,11-12,15-16H2,(H,24,28)(H,23,25,27). The molecule has 0 unspecified atom stereocenters. The summed E-state index contributed by atoms with van der Waals surface area (Å²) in [5.41, 5.74) is 0. The van der Waals surface area contributed by atoms with Gasteiger partial charge in [0.2, 0.25) is 17.7 Å². The van der Waals surface area contributed by atoms with Gasteiger partial charge in [-0.1, -0.05) is 25.3 Å². The topological polar surface area (TPSA) is 105 Å². The first-order valence-electron chi connectivity index (χ1n) is 10.4. The summed E-state index contributed by atoms with van der Waals surface area (Å²) in [5.74, 6) is 0.434. The Bertz CT molecular complexity index is 817. The Morgan fingerprint density at radius 2 is 1.87 bits per heavy atom. The van der Waals surface area contributed by atoms with Gasteiger partial charge in [-0.15, -0.1) is 0 Å². The third-order valence-electron chi connectivity index (χ3n) is 5.19. The summed E-state index contributed by atoms with van der Waals surface area (Å²) in [4.78, 5) is 43.2. The van der Waals surface area contributed by atoms with Crippen molar-refractivity contribution in [2.75, 3.05) is 11.9 Å². The monoisotopic (exact) mass is 412 g/mol. The van der Waals surface area contributed by atoms with Crippen molar-refractivity contribution in [3.8, 4) is 0 Å². The quantitative estimate of drug-likeness (QED) is 0.659. The smallest absolute Gasteiger partial charge is 0.240 e. The minimum atomic E-state index is -0.270. The first-order chi connectivity index (χ1) is 14.6. The molecule has 0 aromatic carbocycles. The molecular formula is C22H28N4O4. The number of rotatable bonds is 9. The molecule has 160 valence electrons. The van der Waals surface area contributed by atoms with E-state index >= 15 is 0 Å². The Kier molecular flexibility index (Phi) is 8.00. The number of carbonyl (C=O) groups is 3. The number of carbonyl (C=O) groups excluding carboxylic acids is 3. The highest BCUT2D eigenvalue weighted by atomic mass is 16.3. The van der Waals surface area contributed by atoms with Gasteiger partial charge in [-0.2, -0.15) is 0 Å². The van der Waals surface area contributed by atoms with Crippen LogP contribution in [0.4, 0.5) is 5.82 Å². The molecule has 3 amide bonds. The summed E-state index contributed by atoms with van der Waals surface area (Å²) in [6, 6.07) is 8.81. The lowest BCUT2D eigenvalue weighted by Crippen LogP contribution is -2.47. The summed E-state index contributed by atoms with van der Waals surface area (Å²) in [6.45, 7) is 0.275. The average molecular weight is 412 g/mol. The molecule has 0 radical (unpaired) electrons. The van der Waals surface area contributed by atoms with Crippen LogP contribution >= 0.6 is 0 Å². The number of furan rings is 1. The molecule has 1 aliphatic rings. The molecule has 0 bridgehead atoms. The maximum Gasteiger partial charge on any atom is 0.240 e. The van der Waals surface area contributed by atoms with Crippen molar-refractivity contribution in [1.29, 1.82) is 0 Å². The number of anilines is 1. The lowest BCUT2D eigenvalue weighted by atomic mass is 9.94. The maximum atomic E-state index is 12.9. The zero-order chi connectivity index (χ0) is 21.2. The zero-order valence-corrected chi connectivity index (χ0v) is 17.0. The molecule has 1 aliphatic carbocycles. The van der Waals surface area contributed by atoms with Crippen molar-refractivity contribution in [3.63, 3.8) is 0 Å². The van der Waals surface area contributed by atoms with Gasteiger partial charge in [-0.25, -0.2) is 4.98 Å². The van der Waals surface area contributed by atoms with E-state index in [1.165, 1.54) is 0 Å². The van der Waals surface area contributed by atoms with Crippen molar-refractivity contribution in [2.24, 2.45) is 0 Å². The number of pyridine rings is 1. The van der Waals surface area contributed by atoms with Crippen LogP contribution in [0.2, 0.25) is 0 Å². The van der Waals surface area contributed by atoms with Crippen LogP contribution in [-0.4, -0.2) is 40.2 Å². The van der Waals surface area contributed by atoms with Crippen LogP contribution in [0.3, 0.4) is 0 Å². The minimum Gasteiger partial charge on any atom is -0.467 e. The van der Waals surface area contributed by atoms with Crippen LogP contribution in [0.5, 0.6) is 0 Å². The number of nitrogens with one attached hydrogen (secondary N) is 2. The molecule has 1 fully saturated rings. The second-order valence-corrected chi connectivity index (χ2v) is 7.43. The molecule has 8 nitrogen and oxygen atoms in total. The van der Waals surface area contributed by atoms with E-state index in [9.17, 15) is 14.4 Å². The van der Waals surface area contributed by atoms with Gasteiger partial charge in [-0.05, 0) is 37.1 Å². The molecule has 1 saturated carbocycles. The van der Waals surface area contributed by atoms with Crippen LogP contribution < -0.4 is 10.6 Å². The first kappa shape index (κ1) is 21.5. The lowest BCUT2D eigenvalue weighted by Gasteiger charge is -2.34. The third-order valence-corrected chi connectivity index (χ3v) is 5.19. The van der Waals surface area contributed by atoms with E-state index in [2.05, 4.69) is 15.6 Å². The van der Waals surface area contributed by atoms with E-state index in [1.54, 1.807) is 47.7 Å². The van der Waals surface area contributed by atoms with Gasteiger partial charge in [0.15, 0.2) is 0 Å². The molecule has 3 rings (SSSR count).